The Morgan fingerprint density at radius 3 is 2.44 bits per heavy atom. The smallest absolute Gasteiger partial charge is 0.406 e. The zero-order valence-electron chi connectivity index (χ0n) is 18.2. The number of benzene rings is 2. The third-order valence-electron chi connectivity index (χ3n) is 5.50. The molecule has 11 heteroatoms. The van der Waals surface area contributed by atoms with E-state index in [2.05, 4.69) is 25.2 Å². The van der Waals surface area contributed by atoms with Gasteiger partial charge in [0.25, 0.3) is 5.91 Å². The van der Waals surface area contributed by atoms with Gasteiger partial charge in [0.1, 0.15) is 23.2 Å². The number of carbonyl (C=O) groups is 1. The van der Waals surface area contributed by atoms with E-state index in [1.54, 1.807) is 12.1 Å². The summed E-state index contributed by atoms with van der Waals surface area (Å²) in [5.41, 5.74) is 1.27. The molecular formula is C23H23F4N5O2. The van der Waals surface area contributed by atoms with Crippen LogP contribution in [-0.4, -0.2) is 51.6 Å². The molecule has 1 amide bonds. The van der Waals surface area contributed by atoms with E-state index in [9.17, 15) is 22.4 Å². The van der Waals surface area contributed by atoms with Crippen LogP contribution < -0.4 is 10.1 Å². The van der Waals surface area contributed by atoms with Crippen molar-refractivity contribution < 1.29 is 27.1 Å². The van der Waals surface area contributed by atoms with E-state index in [1.807, 2.05) is 4.57 Å². The van der Waals surface area contributed by atoms with Crippen LogP contribution in [-0.2, 0) is 25.9 Å². The summed E-state index contributed by atoms with van der Waals surface area (Å²) in [5, 5.41) is 11.3. The van der Waals surface area contributed by atoms with Crippen molar-refractivity contribution in [1.29, 1.82) is 0 Å². The largest absolute Gasteiger partial charge is 0.573 e. The Kier molecular flexibility index (Phi) is 7.11. The predicted molar refractivity (Wildman–Crippen MR) is 115 cm³/mol. The molecule has 2 heterocycles. The molecule has 0 atom stereocenters. The van der Waals surface area contributed by atoms with Crippen LogP contribution in [0.15, 0.2) is 48.5 Å². The minimum absolute atomic E-state index is 0.241. The van der Waals surface area contributed by atoms with Crippen molar-refractivity contribution in [2.45, 2.75) is 32.3 Å². The van der Waals surface area contributed by atoms with Gasteiger partial charge in [0.15, 0.2) is 0 Å². The number of ether oxygens (including phenoxy) is 1. The van der Waals surface area contributed by atoms with Gasteiger partial charge in [-0.1, -0.05) is 12.1 Å². The summed E-state index contributed by atoms with van der Waals surface area (Å²) in [7, 11) is 0. The van der Waals surface area contributed by atoms with Crippen molar-refractivity contribution in [2.24, 2.45) is 0 Å². The molecule has 0 bridgehead atoms. The van der Waals surface area contributed by atoms with Crippen LogP contribution in [0, 0.1) is 5.82 Å². The summed E-state index contributed by atoms with van der Waals surface area (Å²) in [6, 6.07) is 11.2. The molecule has 0 radical (unpaired) electrons. The van der Waals surface area contributed by atoms with Gasteiger partial charge in [-0.15, -0.1) is 23.4 Å². The summed E-state index contributed by atoms with van der Waals surface area (Å²) in [6.45, 7) is 3.08. The van der Waals surface area contributed by atoms with Crippen molar-refractivity contribution in [3.05, 3.63) is 77.1 Å². The number of aromatic nitrogens is 3. The van der Waals surface area contributed by atoms with E-state index in [1.165, 1.54) is 36.4 Å². The predicted octanol–water partition coefficient (Wildman–Crippen LogP) is 3.35. The molecule has 0 saturated heterocycles. The van der Waals surface area contributed by atoms with Gasteiger partial charge in [-0.25, -0.2) is 4.39 Å². The fourth-order valence-corrected chi connectivity index (χ4v) is 3.82. The molecule has 0 spiro atoms. The Labute approximate surface area is 193 Å². The molecule has 0 aliphatic carbocycles. The second kappa shape index (κ2) is 10.2. The first-order valence-corrected chi connectivity index (χ1v) is 10.8. The van der Waals surface area contributed by atoms with E-state index < -0.39 is 12.2 Å². The number of hydrogen-bond donors (Lipinski definition) is 1. The minimum atomic E-state index is -4.71. The van der Waals surface area contributed by atoms with E-state index in [0.717, 1.165) is 30.3 Å². The third kappa shape index (κ3) is 6.31. The minimum Gasteiger partial charge on any atom is -0.406 e. The maximum Gasteiger partial charge on any atom is 0.573 e. The van der Waals surface area contributed by atoms with Gasteiger partial charge < -0.3 is 14.6 Å². The Hall–Kier alpha value is -3.47. The maximum atomic E-state index is 13.0. The fourth-order valence-electron chi connectivity index (χ4n) is 3.82. The quantitative estimate of drug-likeness (QED) is 0.529. The highest BCUT2D eigenvalue weighted by molar-refractivity contribution is 5.94. The number of carbonyl (C=O) groups excluding carboxylic acids is 1. The van der Waals surface area contributed by atoms with E-state index in [-0.39, 0.29) is 11.7 Å². The Bertz CT molecular complexity index is 1110. The molecule has 3 aromatic rings. The van der Waals surface area contributed by atoms with Gasteiger partial charge in [-0.3, -0.25) is 9.69 Å². The average Bonchev–Trinajstić information content (AvgIpc) is 3.06. The lowest BCUT2D eigenvalue weighted by Crippen LogP contribution is -2.28. The van der Waals surface area contributed by atoms with Crippen molar-refractivity contribution in [3.63, 3.8) is 0 Å². The SMILES string of the molecule is O=C(NCCc1nnc2n1CCN(Cc1ccc(OC(F)(F)F)cc1)CC2)c1ccc(F)cc1. The van der Waals surface area contributed by atoms with Crippen molar-refractivity contribution in [3.8, 4) is 5.75 Å². The number of hydrogen-bond acceptors (Lipinski definition) is 5. The van der Waals surface area contributed by atoms with Crippen LogP contribution >= 0.6 is 0 Å². The zero-order valence-corrected chi connectivity index (χ0v) is 18.2. The third-order valence-corrected chi connectivity index (χ3v) is 5.50. The van der Waals surface area contributed by atoms with Crippen LogP contribution in [0.2, 0.25) is 0 Å². The van der Waals surface area contributed by atoms with Gasteiger partial charge >= 0.3 is 6.36 Å². The molecular weight excluding hydrogens is 454 g/mol. The first-order valence-electron chi connectivity index (χ1n) is 10.8. The molecule has 1 aliphatic heterocycles. The van der Waals surface area contributed by atoms with Gasteiger partial charge in [-0.05, 0) is 42.0 Å². The van der Waals surface area contributed by atoms with Gasteiger partial charge in [0.05, 0.1) is 0 Å². The highest BCUT2D eigenvalue weighted by atomic mass is 19.4. The molecule has 180 valence electrons. The second-order valence-corrected chi connectivity index (χ2v) is 7.91. The number of alkyl halides is 3. The van der Waals surface area contributed by atoms with Gasteiger partial charge in [0, 0.05) is 51.1 Å². The maximum absolute atomic E-state index is 13.0. The molecule has 4 rings (SSSR count). The van der Waals surface area contributed by atoms with E-state index in [0.29, 0.717) is 38.0 Å². The van der Waals surface area contributed by atoms with E-state index >= 15 is 0 Å². The van der Waals surface area contributed by atoms with Gasteiger partial charge in [0.2, 0.25) is 0 Å². The van der Waals surface area contributed by atoms with Crippen LogP contribution in [0.3, 0.4) is 0 Å². The second-order valence-electron chi connectivity index (χ2n) is 7.91. The molecule has 7 nitrogen and oxygen atoms in total. The van der Waals surface area contributed by atoms with Crippen LogP contribution in [0.4, 0.5) is 17.6 Å². The van der Waals surface area contributed by atoms with E-state index in [4.69, 9.17) is 0 Å². The lowest BCUT2D eigenvalue weighted by atomic mass is 10.2. The summed E-state index contributed by atoms with van der Waals surface area (Å²) in [4.78, 5) is 14.4. The standard InChI is InChI=1S/C23H23F4N5O2/c24-18-5-3-17(4-6-18)22(33)28-11-9-20-29-30-21-10-12-31(13-14-32(20)21)15-16-1-7-19(8-2-16)34-23(25,26)27/h1-8H,9-15H2,(H,28,33). The summed E-state index contributed by atoms with van der Waals surface area (Å²) < 4.78 is 55.9. The molecule has 1 aliphatic rings. The Morgan fingerprint density at radius 1 is 1.00 bits per heavy atom. The average molecular weight is 477 g/mol. The Balaban J connectivity index is 1.28. The zero-order chi connectivity index (χ0) is 24.1. The number of fused-ring (bicyclic) bond motifs is 1. The first kappa shape index (κ1) is 23.7. The summed E-state index contributed by atoms with van der Waals surface area (Å²) >= 11 is 0. The Morgan fingerprint density at radius 2 is 1.74 bits per heavy atom. The lowest BCUT2D eigenvalue weighted by molar-refractivity contribution is -0.274. The molecule has 0 fully saturated rings. The van der Waals surface area contributed by atoms with Crippen LogP contribution in [0.1, 0.15) is 27.6 Å². The molecule has 34 heavy (non-hydrogen) atoms. The number of halogens is 4. The monoisotopic (exact) mass is 477 g/mol. The number of nitrogens with zero attached hydrogens (tertiary/aromatic N) is 4. The summed E-state index contributed by atoms with van der Waals surface area (Å²) in [6.07, 6.45) is -3.52. The van der Waals surface area contributed by atoms with Gasteiger partial charge in [-0.2, -0.15) is 0 Å². The van der Waals surface area contributed by atoms with Crippen molar-refractivity contribution >= 4 is 5.91 Å². The van der Waals surface area contributed by atoms with Crippen molar-refractivity contribution in [2.75, 3.05) is 19.6 Å². The highest BCUT2D eigenvalue weighted by Crippen LogP contribution is 2.23. The summed E-state index contributed by atoms with van der Waals surface area (Å²) in [5.74, 6) is 0.702. The number of amides is 1. The number of rotatable bonds is 7. The molecule has 0 saturated carbocycles. The normalized spacial score (nSPS) is 14.4. The van der Waals surface area contributed by atoms with Crippen LogP contribution in [0.5, 0.6) is 5.75 Å². The topological polar surface area (TPSA) is 72.3 Å². The molecule has 1 N–H and O–H groups in total. The van der Waals surface area contributed by atoms with Crippen molar-refractivity contribution in [1.82, 2.24) is 25.0 Å². The van der Waals surface area contributed by atoms with Crippen LogP contribution in [0.25, 0.3) is 0 Å². The fraction of sp³-hybridized carbons (Fsp3) is 0.348. The lowest BCUT2D eigenvalue weighted by Gasteiger charge is -2.20. The first-order chi connectivity index (χ1) is 16.3. The highest BCUT2D eigenvalue weighted by Gasteiger charge is 2.31. The number of nitrogens with one attached hydrogen (secondary N) is 1. The molecule has 0 unspecified atom stereocenters. The molecule has 1 aromatic heterocycles. The molecule has 2 aromatic carbocycles.